The molecular formula is C58H39NO. The van der Waals surface area contributed by atoms with Gasteiger partial charge in [0.05, 0.1) is 5.69 Å². The minimum Gasteiger partial charge on any atom is -0.456 e. The highest BCUT2D eigenvalue weighted by Gasteiger charge is 2.22. The van der Waals surface area contributed by atoms with Crippen LogP contribution in [0.25, 0.3) is 88.3 Å². The Hall–Kier alpha value is -7.94. The molecule has 0 amide bonds. The number of hydrogen-bond acceptors (Lipinski definition) is 2. The fourth-order valence-corrected chi connectivity index (χ4v) is 8.74. The first kappa shape index (κ1) is 35.2. The third-order valence-electron chi connectivity index (χ3n) is 11.7. The molecule has 60 heavy (non-hydrogen) atoms. The van der Waals surface area contributed by atoms with Crippen LogP contribution in [0.4, 0.5) is 17.1 Å². The average molecular weight is 766 g/mol. The summed E-state index contributed by atoms with van der Waals surface area (Å²) in [5, 5.41) is 4.72. The van der Waals surface area contributed by atoms with E-state index in [1.807, 2.05) is 6.07 Å². The lowest BCUT2D eigenvalue weighted by atomic mass is 9.92. The molecule has 1 aromatic heterocycles. The number of rotatable bonds is 8. The van der Waals surface area contributed by atoms with Gasteiger partial charge in [-0.3, -0.25) is 0 Å². The Balaban J connectivity index is 1.11. The van der Waals surface area contributed by atoms with Gasteiger partial charge in [-0.2, -0.15) is 0 Å². The van der Waals surface area contributed by atoms with E-state index in [2.05, 4.69) is 235 Å². The molecule has 0 spiro atoms. The van der Waals surface area contributed by atoms with E-state index < -0.39 is 0 Å². The van der Waals surface area contributed by atoms with Gasteiger partial charge in [0, 0.05) is 27.7 Å². The van der Waals surface area contributed by atoms with E-state index in [9.17, 15) is 0 Å². The smallest absolute Gasteiger partial charge is 0.136 e. The van der Waals surface area contributed by atoms with Crippen molar-refractivity contribution in [3.05, 3.63) is 237 Å². The van der Waals surface area contributed by atoms with Crippen LogP contribution in [0.2, 0.25) is 0 Å². The molecule has 10 aromatic carbocycles. The highest BCUT2D eigenvalue weighted by Crippen LogP contribution is 2.47. The second kappa shape index (κ2) is 15.1. The Morgan fingerprint density at radius 1 is 0.283 bits per heavy atom. The Labute approximate surface area is 349 Å². The van der Waals surface area contributed by atoms with Gasteiger partial charge in [0.2, 0.25) is 0 Å². The van der Waals surface area contributed by atoms with Crippen LogP contribution in [0.3, 0.4) is 0 Å². The molecule has 0 bridgehead atoms. The lowest BCUT2D eigenvalue weighted by Crippen LogP contribution is -2.11. The van der Waals surface area contributed by atoms with E-state index in [-0.39, 0.29) is 0 Å². The van der Waals surface area contributed by atoms with E-state index >= 15 is 0 Å². The summed E-state index contributed by atoms with van der Waals surface area (Å²) >= 11 is 0. The molecule has 2 heteroatoms. The minimum absolute atomic E-state index is 0.874. The average Bonchev–Trinajstić information content (AvgIpc) is 3.72. The lowest BCUT2D eigenvalue weighted by Gasteiger charge is -2.29. The summed E-state index contributed by atoms with van der Waals surface area (Å²) in [5.41, 5.74) is 16.6. The predicted molar refractivity (Wildman–Crippen MR) is 253 cm³/mol. The van der Waals surface area contributed by atoms with Gasteiger partial charge < -0.3 is 9.32 Å². The molecule has 0 radical (unpaired) electrons. The summed E-state index contributed by atoms with van der Waals surface area (Å²) in [6.45, 7) is 0. The second-order valence-corrected chi connectivity index (χ2v) is 15.3. The van der Waals surface area contributed by atoms with E-state index in [1.165, 1.54) is 44.2 Å². The van der Waals surface area contributed by atoms with Crippen LogP contribution in [0, 0.1) is 0 Å². The lowest BCUT2D eigenvalue weighted by molar-refractivity contribution is 0.669. The van der Waals surface area contributed by atoms with Crippen LogP contribution in [0.1, 0.15) is 0 Å². The highest BCUT2D eigenvalue weighted by atomic mass is 16.3. The molecule has 11 aromatic rings. The van der Waals surface area contributed by atoms with Crippen LogP contribution in [0.5, 0.6) is 0 Å². The molecule has 2 nitrogen and oxygen atoms in total. The Kier molecular flexibility index (Phi) is 8.87. The molecule has 11 rings (SSSR count). The van der Waals surface area contributed by atoms with Gasteiger partial charge in [-0.05, 0) is 103 Å². The fourth-order valence-electron chi connectivity index (χ4n) is 8.74. The monoisotopic (exact) mass is 765 g/mol. The van der Waals surface area contributed by atoms with E-state index in [0.29, 0.717) is 0 Å². The minimum atomic E-state index is 0.874. The number of fused-ring (bicyclic) bond motifs is 4. The number of hydrogen-bond donors (Lipinski definition) is 0. The topological polar surface area (TPSA) is 16.4 Å². The SMILES string of the molecule is c1ccc(-c2ccc(N(c3ccc(-c4ccccc4)cc3)c3cc(-c4ccc(-c5cccc6ccccc56)cc4)ccc3-c3cccc4oc5ccccc5c34)cc2)cc1. The largest absolute Gasteiger partial charge is 0.456 e. The summed E-state index contributed by atoms with van der Waals surface area (Å²) < 4.78 is 6.45. The number of nitrogens with zero attached hydrogens (tertiary/aromatic N) is 1. The number of para-hydroxylation sites is 1. The molecule has 0 aliphatic rings. The van der Waals surface area contributed by atoms with Crippen molar-refractivity contribution in [3.63, 3.8) is 0 Å². The van der Waals surface area contributed by atoms with Crippen molar-refractivity contribution in [2.45, 2.75) is 0 Å². The van der Waals surface area contributed by atoms with E-state index in [1.54, 1.807) is 0 Å². The Morgan fingerprint density at radius 3 is 1.43 bits per heavy atom. The molecule has 0 aliphatic heterocycles. The van der Waals surface area contributed by atoms with Crippen LogP contribution in [-0.4, -0.2) is 0 Å². The van der Waals surface area contributed by atoms with E-state index in [0.717, 1.165) is 61.3 Å². The maximum Gasteiger partial charge on any atom is 0.136 e. The zero-order valence-corrected chi connectivity index (χ0v) is 32.9. The first-order valence-corrected chi connectivity index (χ1v) is 20.5. The van der Waals surface area contributed by atoms with Crippen molar-refractivity contribution >= 4 is 49.8 Å². The molecule has 0 unspecified atom stereocenters. The third kappa shape index (κ3) is 6.41. The zero-order chi connectivity index (χ0) is 39.8. The van der Waals surface area contributed by atoms with Gasteiger partial charge in [0.25, 0.3) is 0 Å². The van der Waals surface area contributed by atoms with Crippen LogP contribution in [0.15, 0.2) is 241 Å². The maximum atomic E-state index is 6.45. The second-order valence-electron chi connectivity index (χ2n) is 15.3. The van der Waals surface area contributed by atoms with Crippen LogP contribution < -0.4 is 4.90 Å². The predicted octanol–water partition coefficient (Wildman–Crippen LogP) is 16.5. The van der Waals surface area contributed by atoms with Gasteiger partial charge in [-0.1, -0.05) is 194 Å². The number of anilines is 3. The normalized spacial score (nSPS) is 11.3. The molecule has 0 N–H and O–H groups in total. The standard InChI is InChI=1S/C58H39NO/c1-3-13-40(14-4-1)42-29-34-48(35-30-42)59(49-36-31-43(32-37-49)41-15-5-2-6-16-41)55-39-47(44-25-27-46(28-26-44)51-21-11-18-45-17-7-8-19-50(45)51)33-38-52(55)53-22-12-24-57-58(53)54-20-9-10-23-56(54)60-57/h1-39H. The molecule has 0 saturated carbocycles. The molecule has 0 aliphatic carbocycles. The van der Waals surface area contributed by atoms with Crippen LogP contribution >= 0.6 is 0 Å². The van der Waals surface area contributed by atoms with Gasteiger partial charge >= 0.3 is 0 Å². The maximum absolute atomic E-state index is 6.45. The molecule has 0 atom stereocenters. The quantitative estimate of drug-likeness (QED) is 0.153. The summed E-state index contributed by atoms with van der Waals surface area (Å²) in [6.07, 6.45) is 0. The first-order valence-electron chi connectivity index (χ1n) is 20.5. The van der Waals surface area contributed by atoms with Gasteiger partial charge in [-0.25, -0.2) is 0 Å². The van der Waals surface area contributed by atoms with Crippen molar-refractivity contribution in [1.29, 1.82) is 0 Å². The molecule has 0 fully saturated rings. The van der Waals surface area contributed by atoms with Gasteiger partial charge in [0.1, 0.15) is 11.2 Å². The Morgan fingerprint density at radius 2 is 0.750 bits per heavy atom. The fraction of sp³-hybridized carbons (Fsp3) is 0. The van der Waals surface area contributed by atoms with Crippen molar-refractivity contribution in [2.24, 2.45) is 0 Å². The Bertz CT molecular complexity index is 3190. The van der Waals surface area contributed by atoms with Gasteiger partial charge in [-0.15, -0.1) is 0 Å². The summed E-state index contributed by atoms with van der Waals surface area (Å²) in [7, 11) is 0. The van der Waals surface area contributed by atoms with Crippen molar-refractivity contribution in [3.8, 4) is 55.6 Å². The molecule has 282 valence electrons. The van der Waals surface area contributed by atoms with E-state index in [4.69, 9.17) is 4.42 Å². The molecule has 1 heterocycles. The zero-order valence-electron chi connectivity index (χ0n) is 32.9. The molecular weight excluding hydrogens is 727 g/mol. The third-order valence-corrected chi connectivity index (χ3v) is 11.7. The van der Waals surface area contributed by atoms with Gasteiger partial charge in [0.15, 0.2) is 0 Å². The molecule has 0 saturated heterocycles. The first-order chi connectivity index (χ1) is 29.7. The van der Waals surface area contributed by atoms with Crippen molar-refractivity contribution in [1.82, 2.24) is 0 Å². The van der Waals surface area contributed by atoms with Crippen molar-refractivity contribution < 1.29 is 4.42 Å². The summed E-state index contributed by atoms with van der Waals surface area (Å²) in [5.74, 6) is 0. The van der Waals surface area contributed by atoms with Crippen molar-refractivity contribution in [2.75, 3.05) is 4.90 Å². The van der Waals surface area contributed by atoms with Crippen LogP contribution in [-0.2, 0) is 0 Å². The summed E-state index contributed by atoms with van der Waals surface area (Å²) in [4.78, 5) is 2.41. The number of benzene rings is 10. The highest BCUT2D eigenvalue weighted by molar-refractivity contribution is 6.14. The number of furan rings is 1. The summed E-state index contributed by atoms with van der Waals surface area (Å²) in [6, 6.07) is 84.9.